The zero-order chi connectivity index (χ0) is 13.8. The highest BCUT2D eigenvalue weighted by atomic mass is 19.1. The summed E-state index contributed by atoms with van der Waals surface area (Å²) in [6.07, 6.45) is 1.31. The first-order valence-electron chi connectivity index (χ1n) is 5.17. The Bertz CT molecular complexity index is 716. The van der Waals surface area contributed by atoms with Crippen LogP contribution in [0.1, 0.15) is 11.1 Å². The lowest BCUT2D eigenvalue weighted by molar-refractivity contribution is 0.454. The van der Waals surface area contributed by atoms with Gasteiger partial charge in [0.25, 0.3) is 0 Å². The van der Waals surface area contributed by atoms with Gasteiger partial charge in [-0.05, 0) is 18.2 Å². The number of anilines is 1. The molecule has 92 valence electrons. The molecule has 0 saturated carbocycles. The van der Waals surface area contributed by atoms with E-state index in [0.717, 1.165) is 6.07 Å². The zero-order valence-corrected chi connectivity index (χ0v) is 9.59. The smallest absolute Gasteiger partial charge is 0.237 e. The van der Waals surface area contributed by atoms with Crippen LogP contribution in [0.5, 0.6) is 11.6 Å². The van der Waals surface area contributed by atoms with E-state index < -0.39 is 5.82 Å². The molecule has 0 spiro atoms. The van der Waals surface area contributed by atoms with E-state index in [2.05, 4.69) is 4.98 Å². The molecule has 0 bridgehead atoms. The van der Waals surface area contributed by atoms with Crippen LogP contribution < -0.4 is 10.5 Å². The Labute approximate surface area is 108 Å². The van der Waals surface area contributed by atoms with Gasteiger partial charge in [-0.2, -0.15) is 10.5 Å². The van der Waals surface area contributed by atoms with Crippen molar-refractivity contribution in [3.8, 4) is 23.8 Å². The van der Waals surface area contributed by atoms with Crippen molar-refractivity contribution in [2.75, 3.05) is 5.73 Å². The molecule has 0 amide bonds. The molecule has 0 aliphatic heterocycles. The van der Waals surface area contributed by atoms with E-state index in [1.54, 1.807) is 6.07 Å². The molecule has 1 heterocycles. The van der Waals surface area contributed by atoms with Gasteiger partial charge >= 0.3 is 0 Å². The van der Waals surface area contributed by atoms with Crippen molar-refractivity contribution >= 4 is 5.69 Å². The number of benzene rings is 1. The summed E-state index contributed by atoms with van der Waals surface area (Å²) < 4.78 is 18.7. The van der Waals surface area contributed by atoms with Gasteiger partial charge in [0.05, 0.1) is 11.9 Å². The average Bonchev–Trinajstić information content (AvgIpc) is 2.41. The number of halogens is 1. The van der Waals surface area contributed by atoms with Crippen LogP contribution in [-0.4, -0.2) is 4.98 Å². The molecular formula is C13H7FN4O. The molecule has 1 aromatic carbocycles. The number of rotatable bonds is 2. The Kier molecular flexibility index (Phi) is 3.26. The van der Waals surface area contributed by atoms with Crippen LogP contribution in [0.25, 0.3) is 0 Å². The van der Waals surface area contributed by atoms with Crippen LogP contribution in [0, 0.1) is 28.5 Å². The van der Waals surface area contributed by atoms with E-state index in [0.29, 0.717) is 5.69 Å². The molecule has 19 heavy (non-hydrogen) atoms. The maximum atomic E-state index is 13.4. The second kappa shape index (κ2) is 5.03. The summed E-state index contributed by atoms with van der Waals surface area (Å²) in [6.45, 7) is 0. The van der Waals surface area contributed by atoms with Crippen LogP contribution in [0.3, 0.4) is 0 Å². The van der Waals surface area contributed by atoms with Gasteiger partial charge in [-0.25, -0.2) is 9.37 Å². The Morgan fingerprint density at radius 2 is 2.05 bits per heavy atom. The summed E-state index contributed by atoms with van der Waals surface area (Å²) >= 11 is 0. The minimum Gasteiger partial charge on any atom is -0.436 e. The van der Waals surface area contributed by atoms with Crippen molar-refractivity contribution in [2.45, 2.75) is 0 Å². The molecule has 1 aromatic heterocycles. The molecule has 2 aromatic rings. The van der Waals surface area contributed by atoms with E-state index in [4.69, 9.17) is 21.0 Å². The predicted molar refractivity (Wildman–Crippen MR) is 64.6 cm³/mol. The third kappa shape index (κ3) is 2.43. The molecule has 0 fully saturated rings. The van der Waals surface area contributed by atoms with E-state index in [-0.39, 0.29) is 22.8 Å². The number of ether oxygens (including phenoxy) is 1. The highest BCUT2D eigenvalue weighted by Crippen LogP contribution is 2.27. The normalized spacial score (nSPS) is 9.42. The average molecular weight is 254 g/mol. The number of hydrogen-bond donors (Lipinski definition) is 1. The molecule has 0 unspecified atom stereocenters. The van der Waals surface area contributed by atoms with E-state index in [1.165, 1.54) is 24.4 Å². The van der Waals surface area contributed by atoms with Gasteiger partial charge in [0.15, 0.2) is 0 Å². The second-order valence-corrected chi connectivity index (χ2v) is 3.56. The van der Waals surface area contributed by atoms with Crippen molar-refractivity contribution in [1.82, 2.24) is 4.98 Å². The Morgan fingerprint density at radius 3 is 2.74 bits per heavy atom. The Balaban J connectivity index is 2.46. The van der Waals surface area contributed by atoms with E-state index in [9.17, 15) is 4.39 Å². The molecule has 5 nitrogen and oxygen atoms in total. The highest BCUT2D eigenvalue weighted by Gasteiger charge is 2.13. The van der Waals surface area contributed by atoms with Crippen molar-refractivity contribution in [3.63, 3.8) is 0 Å². The summed E-state index contributed by atoms with van der Waals surface area (Å²) in [6, 6.07) is 8.91. The quantitative estimate of drug-likeness (QED) is 0.887. The number of pyridine rings is 1. The first kappa shape index (κ1) is 12.3. The molecule has 2 N–H and O–H groups in total. The monoisotopic (exact) mass is 254 g/mol. The summed E-state index contributed by atoms with van der Waals surface area (Å²) in [4.78, 5) is 3.85. The Hall–Kier alpha value is -3.12. The minimum atomic E-state index is -0.700. The van der Waals surface area contributed by atoms with Crippen LogP contribution in [-0.2, 0) is 0 Å². The highest BCUT2D eigenvalue weighted by molar-refractivity contribution is 5.51. The van der Waals surface area contributed by atoms with Crippen molar-refractivity contribution < 1.29 is 9.13 Å². The molecular weight excluding hydrogens is 247 g/mol. The van der Waals surface area contributed by atoms with E-state index in [1.807, 2.05) is 6.07 Å². The van der Waals surface area contributed by atoms with Crippen molar-refractivity contribution in [1.29, 1.82) is 10.5 Å². The summed E-state index contributed by atoms with van der Waals surface area (Å²) in [5, 5.41) is 17.8. The van der Waals surface area contributed by atoms with Crippen molar-refractivity contribution in [3.05, 3.63) is 47.4 Å². The summed E-state index contributed by atoms with van der Waals surface area (Å²) in [7, 11) is 0. The lowest BCUT2D eigenvalue weighted by Gasteiger charge is -2.08. The van der Waals surface area contributed by atoms with Gasteiger partial charge in [0.1, 0.15) is 34.8 Å². The topological polar surface area (TPSA) is 95.7 Å². The zero-order valence-electron chi connectivity index (χ0n) is 9.59. The first-order valence-corrected chi connectivity index (χ1v) is 5.17. The SMILES string of the molecule is N#Cc1cc(N)cnc1Oc1cccc(F)c1C#N. The van der Waals surface area contributed by atoms with Crippen LogP contribution in [0.15, 0.2) is 30.5 Å². The van der Waals surface area contributed by atoms with Gasteiger partial charge in [-0.1, -0.05) is 6.07 Å². The third-order valence-electron chi connectivity index (χ3n) is 2.29. The number of nitrogens with two attached hydrogens (primary N) is 1. The van der Waals surface area contributed by atoms with Gasteiger partial charge in [0.2, 0.25) is 5.88 Å². The fraction of sp³-hybridized carbons (Fsp3) is 0. The van der Waals surface area contributed by atoms with Gasteiger partial charge < -0.3 is 10.5 Å². The molecule has 2 rings (SSSR count). The fourth-order valence-corrected chi connectivity index (χ4v) is 1.43. The molecule has 0 aliphatic carbocycles. The van der Waals surface area contributed by atoms with Crippen LogP contribution in [0.4, 0.5) is 10.1 Å². The van der Waals surface area contributed by atoms with Gasteiger partial charge in [-0.3, -0.25) is 0 Å². The number of hydrogen-bond acceptors (Lipinski definition) is 5. The van der Waals surface area contributed by atoms with Gasteiger partial charge in [0, 0.05) is 0 Å². The molecule has 0 saturated heterocycles. The first-order chi connectivity index (χ1) is 9.15. The number of aromatic nitrogens is 1. The predicted octanol–water partition coefficient (Wildman–Crippen LogP) is 2.34. The van der Waals surface area contributed by atoms with E-state index >= 15 is 0 Å². The standard InChI is InChI=1S/C13H7FN4O/c14-11-2-1-3-12(10(11)6-16)19-13-8(5-15)4-9(17)7-18-13/h1-4,7H,17H2. The lowest BCUT2D eigenvalue weighted by atomic mass is 10.2. The second-order valence-electron chi connectivity index (χ2n) is 3.56. The maximum absolute atomic E-state index is 13.4. The minimum absolute atomic E-state index is 0.00345. The summed E-state index contributed by atoms with van der Waals surface area (Å²) in [5.41, 5.74) is 5.66. The maximum Gasteiger partial charge on any atom is 0.237 e. The molecule has 0 atom stereocenters. The van der Waals surface area contributed by atoms with Crippen molar-refractivity contribution in [2.24, 2.45) is 0 Å². The molecule has 0 radical (unpaired) electrons. The van der Waals surface area contributed by atoms with Crippen LogP contribution in [0.2, 0.25) is 0 Å². The summed E-state index contributed by atoms with van der Waals surface area (Å²) in [5.74, 6) is -0.732. The van der Waals surface area contributed by atoms with Gasteiger partial charge in [-0.15, -0.1) is 0 Å². The third-order valence-corrected chi connectivity index (χ3v) is 2.29. The molecule has 0 aliphatic rings. The fourth-order valence-electron chi connectivity index (χ4n) is 1.43. The number of nitrogens with zero attached hydrogens (tertiary/aromatic N) is 3. The number of nitriles is 2. The number of nitrogen functional groups attached to an aromatic ring is 1. The molecule has 6 heteroatoms. The Morgan fingerprint density at radius 1 is 1.26 bits per heavy atom. The lowest BCUT2D eigenvalue weighted by Crippen LogP contribution is -1.97. The van der Waals surface area contributed by atoms with Crippen LogP contribution >= 0.6 is 0 Å². The largest absolute Gasteiger partial charge is 0.436 e.